The number of hydrogen-bond acceptors (Lipinski definition) is 6. The molecule has 0 saturated carbocycles. The number of aryl methyl sites for hydroxylation is 1. The molecule has 0 spiro atoms. The van der Waals surface area contributed by atoms with Crippen LogP contribution < -0.4 is 0 Å². The zero-order valence-corrected chi connectivity index (χ0v) is 14.5. The van der Waals surface area contributed by atoms with Gasteiger partial charge < -0.3 is 19.9 Å². The van der Waals surface area contributed by atoms with Crippen molar-refractivity contribution in [2.75, 3.05) is 39.4 Å². The Bertz CT molecular complexity index is 502. The molecule has 0 bridgehead atoms. The molecule has 24 heavy (non-hydrogen) atoms. The average Bonchev–Trinajstić information content (AvgIpc) is 3.04. The van der Waals surface area contributed by atoms with Crippen molar-refractivity contribution in [3.8, 4) is 0 Å². The molecule has 136 valence electrons. The van der Waals surface area contributed by atoms with Crippen molar-refractivity contribution in [2.24, 2.45) is 0 Å². The van der Waals surface area contributed by atoms with Gasteiger partial charge in [-0.05, 0) is 6.42 Å². The van der Waals surface area contributed by atoms with E-state index in [0.29, 0.717) is 6.61 Å². The van der Waals surface area contributed by atoms with Crippen LogP contribution in [0.3, 0.4) is 0 Å². The molecule has 3 rings (SSSR count). The minimum atomic E-state index is -0.770. The molecule has 3 atom stereocenters. The van der Waals surface area contributed by atoms with Gasteiger partial charge in [-0.3, -0.25) is 9.80 Å². The molecular formula is C17H30N4O3. The SMILES string of the molecule is CCCCc1ncc(CN2CCN([C@@H]3COC[C@@H](O)[C@H]3O)CC2)[nH]1. The van der Waals surface area contributed by atoms with Crippen molar-refractivity contribution < 1.29 is 14.9 Å². The van der Waals surface area contributed by atoms with E-state index in [1.54, 1.807) is 0 Å². The molecule has 1 aromatic heterocycles. The van der Waals surface area contributed by atoms with Crippen molar-refractivity contribution in [3.05, 3.63) is 17.7 Å². The maximum atomic E-state index is 10.2. The third-order valence-electron chi connectivity index (χ3n) is 5.08. The highest BCUT2D eigenvalue weighted by atomic mass is 16.5. The summed E-state index contributed by atoms with van der Waals surface area (Å²) >= 11 is 0. The van der Waals surface area contributed by atoms with Crippen LogP contribution in [0.5, 0.6) is 0 Å². The zero-order valence-electron chi connectivity index (χ0n) is 14.5. The lowest BCUT2D eigenvalue weighted by atomic mass is 10.0. The molecule has 1 aromatic rings. The lowest BCUT2D eigenvalue weighted by molar-refractivity contribution is -0.137. The highest BCUT2D eigenvalue weighted by Crippen LogP contribution is 2.17. The van der Waals surface area contributed by atoms with E-state index in [4.69, 9.17) is 4.74 Å². The summed E-state index contributed by atoms with van der Waals surface area (Å²) in [5.41, 5.74) is 1.17. The van der Waals surface area contributed by atoms with Gasteiger partial charge in [-0.25, -0.2) is 4.98 Å². The number of aliphatic hydroxyl groups excluding tert-OH is 2. The first kappa shape index (κ1) is 17.8. The fourth-order valence-corrected chi connectivity index (χ4v) is 3.54. The Kier molecular flexibility index (Phi) is 6.24. The molecule has 3 heterocycles. The number of nitrogens with one attached hydrogen (secondary N) is 1. The molecule has 0 amide bonds. The molecule has 0 aliphatic carbocycles. The fourth-order valence-electron chi connectivity index (χ4n) is 3.54. The second kappa shape index (κ2) is 8.40. The number of imidazole rings is 1. The van der Waals surface area contributed by atoms with E-state index in [1.165, 1.54) is 18.5 Å². The van der Waals surface area contributed by atoms with Gasteiger partial charge >= 0.3 is 0 Å². The van der Waals surface area contributed by atoms with Gasteiger partial charge in [0.2, 0.25) is 0 Å². The van der Waals surface area contributed by atoms with E-state index in [0.717, 1.165) is 45.0 Å². The summed E-state index contributed by atoms with van der Waals surface area (Å²) in [4.78, 5) is 12.5. The van der Waals surface area contributed by atoms with Gasteiger partial charge in [0, 0.05) is 51.0 Å². The fraction of sp³-hybridized carbons (Fsp3) is 0.824. The number of ether oxygens (including phenoxy) is 1. The van der Waals surface area contributed by atoms with Gasteiger partial charge in [0.15, 0.2) is 0 Å². The zero-order chi connectivity index (χ0) is 16.9. The predicted octanol–water partition coefficient (Wildman–Crippen LogP) is -0.00950. The van der Waals surface area contributed by atoms with Crippen LogP contribution >= 0.6 is 0 Å². The first-order valence-corrected chi connectivity index (χ1v) is 9.10. The van der Waals surface area contributed by atoms with Crippen LogP contribution in [-0.2, 0) is 17.7 Å². The van der Waals surface area contributed by atoms with Gasteiger partial charge in [0.25, 0.3) is 0 Å². The number of aliphatic hydroxyl groups is 2. The third kappa shape index (κ3) is 4.34. The molecule has 2 aliphatic heterocycles. The van der Waals surface area contributed by atoms with Crippen LogP contribution in [0.15, 0.2) is 6.20 Å². The lowest BCUT2D eigenvalue weighted by Crippen LogP contribution is -2.60. The molecule has 0 radical (unpaired) electrons. The average molecular weight is 338 g/mol. The number of aromatic amines is 1. The Morgan fingerprint density at radius 2 is 2.04 bits per heavy atom. The lowest BCUT2D eigenvalue weighted by Gasteiger charge is -2.43. The Balaban J connectivity index is 1.46. The van der Waals surface area contributed by atoms with E-state index in [-0.39, 0.29) is 12.6 Å². The number of H-pyrrole nitrogens is 1. The number of nitrogens with zero attached hydrogens (tertiary/aromatic N) is 3. The van der Waals surface area contributed by atoms with Crippen LogP contribution in [0.4, 0.5) is 0 Å². The number of rotatable bonds is 6. The first-order chi connectivity index (χ1) is 11.7. The normalized spacial score (nSPS) is 29.9. The minimum Gasteiger partial charge on any atom is -0.389 e. The van der Waals surface area contributed by atoms with Crippen LogP contribution in [0.1, 0.15) is 31.3 Å². The van der Waals surface area contributed by atoms with Gasteiger partial charge in [-0.1, -0.05) is 13.3 Å². The highest BCUT2D eigenvalue weighted by molar-refractivity contribution is 5.02. The first-order valence-electron chi connectivity index (χ1n) is 9.10. The van der Waals surface area contributed by atoms with E-state index in [2.05, 4.69) is 26.7 Å². The van der Waals surface area contributed by atoms with Gasteiger partial charge in [-0.15, -0.1) is 0 Å². The maximum absolute atomic E-state index is 10.2. The van der Waals surface area contributed by atoms with E-state index < -0.39 is 12.2 Å². The minimum absolute atomic E-state index is 0.0938. The summed E-state index contributed by atoms with van der Waals surface area (Å²) in [7, 11) is 0. The Labute approximate surface area is 143 Å². The Morgan fingerprint density at radius 3 is 2.79 bits per heavy atom. The summed E-state index contributed by atoms with van der Waals surface area (Å²) in [6, 6.07) is -0.0938. The quantitative estimate of drug-likeness (QED) is 0.677. The second-order valence-electron chi connectivity index (χ2n) is 6.93. The summed E-state index contributed by atoms with van der Waals surface area (Å²) in [6.07, 6.45) is 3.85. The smallest absolute Gasteiger partial charge is 0.106 e. The standard InChI is InChI=1S/C17H30N4O3/c1-2-3-4-16-18-9-13(19-16)10-20-5-7-21(8-6-20)14-11-24-12-15(22)17(14)23/h9,14-15,17,22-23H,2-8,10-12H2,1H3,(H,18,19)/t14-,15-,17+/m1/s1. The van der Waals surface area contributed by atoms with Crippen LogP contribution in [0, 0.1) is 0 Å². The molecule has 7 heteroatoms. The largest absolute Gasteiger partial charge is 0.389 e. The van der Waals surface area contributed by atoms with Crippen molar-refractivity contribution in [3.63, 3.8) is 0 Å². The summed E-state index contributed by atoms with van der Waals surface area (Å²) in [6.45, 7) is 7.47. The maximum Gasteiger partial charge on any atom is 0.106 e. The molecule has 2 fully saturated rings. The molecule has 3 N–H and O–H groups in total. The van der Waals surface area contributed by atoms with Gasteiger partial charge in [-0.2, -0.15) is 0 Å². The summed E-state index contributed by atoms with van der Waals surface area (Å²) < 4.78 is 5.40. The van der Waals surface area contributed by atoms with E-state index in [9.17, 15) is 10.2 Å². The topological polar surface area (TPSA) is 84.8 Å². The monoisotopic (exact) mass is 338 g/mol. The van der Waals surface area contributed by atoms with Crippen LogP contribution in [0.2, 0.25) is 0 Å². The second-order valence-corrected chi connectivity index (χ2v) is 6.93. The van der Waals surface area contributed by atoms with Gasteiger partial charge in [0.1, 0.15) is 11.9 Å². The van der Waals surface area contributed by atoms with Crippen molar-refractivity contribution in [1.82, 2.24) is 19.8 Å². The van der Waals surface area contributed by atoms with Crippen LogP contribution in [-0.4, -0.2) is 87.6 Å². The Hall–Kier alpha value is -0.990. The van der Waals surface area contributed by atoms with E-state index in [1.807, 2.05) is 6.20 Å². The number of unbranched alkanes of at least 4 members (excludes halogenated alkanes) is 1. The molecule has 2 saturated heterocycles. The molecule has 2 aliphatic rings. The summed E-state index contributed by atoms with van der Waals surface area (Å²) in [5, 5.41) is 19.9. The van der Waals surface area contributed by atoms with Crippen molar-refractivity contribution >= 4 is 0 Å². The Morgan fingerprint density at radius 1 is 1.25 bits per heavy atom. The molecule has 7 nitrogen and oxygen atoms in total. The number of hydrogen-bond donors (Lipinski definition) is 3. The third-order valence-corrected chi connectivity index (χ3v) is 5.08. The molecule has 0 aromatic carbocycles. The van der Waals surface area contributed by atoms with Crippen LogP contribution in [0.25, 0.3) is 0 Å². The molecule has 0 unspecified atom stereocenters. The highest BCUT2D eigenvalue weighted by Gasteiger charge is 2.36. The van der Waals surface area contributed by atoms with Crippen molar-refractivity contribution in [1.29, 1.82) is 0 Å². The van der Waals surface area contributed by atoms with E-state index >= 15 is 0 Å². The predicted molar refractivity (Wildman–Crippen MR) is 90.7 cm³/mol. The van der Waals surface area contributed by atoms with Crippen molar-refractivity contribution in [2.45, 2.75) is 51.0 Å². The molecular weight excluding hydrogens is 308 g/mol. The number of piperazine rings is 1. The number of aromatic nitrogens is 2. The van der Waals surface area contributed by atoms with Gasteiger partial charge in [0.05, 0.1) is 25.4 Å². The summed E-state index contributed by atoms with van der Waals surface area (Å²) in [5.74, 6) is 1.09.